The highest BCUT2D eigenvalue weighted by Gasteiger charge is 2.66. The van der Waals surface area contributed by atoms with Gasteiger partial charge in [0.2, 0.25) is 0 Å². The number of piperazine rings is 1. The predicted molar refractivity (Wildman–Crippen MR) is 142 cm³/mol. The fourth-order valence-corrected chi connectivity index (χ4v) is 9.16. The monoisotopic (exact) mass is 474 g/mol. The fourth-order valence-electron chi connectivity index (χ4n) is 9.16. The van der Waals surface area contributed by atoms with Gasteiger partial charge in [0.15, 0.2) is 0 Å². The van der Waals surface area contributed by atoms with Crippen molar-refractivity contribution in [3.8, 4) is 0 Å². The first kappa shape index (κ1) is 25.4. The van der Waals surface area contributed by atoms with Crippen molar-refractivity contribution < 1.29 is 0 Å². The number of likely N-dealkylation sites (tertiary alicyclic amines) is 1. The van der Waals surface area contributed by atoms with Crippen molar-refractivity contribution in [1.82, 2.24) is 31.1 Å². The largest absolute Gasteiger partial charge is 0.316 e. The molecular formula is C28H54N6. The molecule has 196 valence electrons. The lowest BCUT2D eigenvalue weighted by Gasteiger charge is -2.70. The van der Waals surface area contributed by atoms with Crippen molar-refractivity contribution in [1.29, 1.82) is 0 Å². The molecule has 0 aromatic carbocycles. The third-order valence-corrected chi connectivity index (χ3v) is 12.5. The molecule has 0 aromatic rings. The van der Waals surface area contributed by atoms with Crippen LogP contribution in [0.1, 0.15) is 60.3 Å². The van der Waals surface area contributed by atoms with Gasteiger partial charge in [-0.15, -0.1) is 0 Å². The minimum atomic E-state index is 0.142. The second-order valence-electron chi connectivity index (χ2n) is 13.2. The van der Waals surface area contributed by atoms with Crippen LogP contribution in [0.2, 0.25) is 0 Å². The Bertz CT molecular complexity index is 685. The molecule has 0 radical (unpaired) electrons. The van der Waals surface area contributed by atoms with E-state index < -0.39 is 0 Å². The molecule has 5 unspecified atom stereocenters. The van der Waals surface area contributed by atoms with Gasteiger partial charge in [0, 0.05) is 50.8 Å². The first-order chi connectivity index (χ1) is 16.3. The highest BCUT2D eigenvalue weighted by molar-refractivity contribution is 5.19. The van der Waals surface area contributed by atoms with Crippen molar-refractivity contribution in [2.75, 3.05) is 78.5 Å². The summed E-state index contributed by atoms with van der Waals surface area (Å²) in [6, 6.07) is 0.550. The van der Waals surface area contributed by atoms with E-state index >= 15 is 0 Å². The minimum Gasteiger partial charge on any atom is -0.316 e. The zero-order valence-corrected chi connectivity index (χ0v) is 22.9. The molecule has 0 aromatic heterocycles. The van der Waals surface area contributed by atoms with Crippen molar-refractivity contribution >= 4 is 0 Å². The smallest absolute Gasteiger partial charge is 0.0396 e. The van der Waals surface area contributed by atoms with Crippen LogP contribution in [0.15, 0.2) is 0 Å². The lowest BCUT2D eigenvalue weighted by Crippen LogP contribution is -2.78. The average molecular weight is 475 g/mol. The summed E-state index contributed by atoms with van der Waals surface area (Å²) < 4.78 is 0. The van der Waals surface area contributed by atoms with Crippen LogP contribution in [-0.4, -0.2) is 99.9 Å². The molecule has 4 N–H and O–H groups in total. The predicted octanol–water partition coefficient (Wildman–Crippen LogP) is 1.98. The van der Waals surface area contributed by atoms with Gasteiger partial charge < -0.3 is 21.3 Å². The molecule has 0 amide bonds. The number of hydrogen-bond acceptors (Lipinski definition) is 6. The summed E-state index contributed by atoms with van der Waals surface area (Å²) in [5.74, 6) is 1.51. The molecule has 6 heteroatoms. The van der Waals surface area contributed by atoms with Gasteiger partial charge in [-0.1, -0.05) is 20.8 Å². The third-order valence-electron chi connectivity index (χ3n) is 12.5. The van der Waals surface area contributed by atoms with Crippen LogP contribution in [0.3, 0.4) is 0 Å². The number of hydrogen-bond donors (Lipinski definition) is 4. The van der Waals surface area contributed by atoms with Crippen LogP contribution in [0.4, 0.5) is 0 Å². The van der Waals surface area contributed by atoms with Crippen LogP contribution < -0.4 is 21.3 Å². The summed E-state index contributed by atoms with van der Waals surface area (Å²) >= 11 is 0. The second-order valence-corrected chi connectivity index (χ2v) is 13.2. The van der Waals surface area contributed by atoms with E-state index in [4.69, 9.17) is 0 Å². The van der Waals surface area contributed by atoms with Gasteiger partial charge in [-0.3, -0.25) is 9.80 Å². The standard InChI is InChI=1S/C28H54N6/c1-6-25(3,23-7-10-30-17-23)26(4,24-18-31-19-24)27(5,22(2)33-15-11-29-12-16-33)34-13-8-28(9-14-34)20-32-21-28/h22-24,29-32H,6-21H2,1-5H3. The molecule has 5 aliphatic heterocycles. The van der Waals surface area contributed by atoms with Crippen LogP contribution in [0.5, 0.6) is 0 Å². The van der Waals surface area contributed by atoms with Gasteiger partial charge in [-0.25, -0.2) is 0 Å². The van der Waals surface area contributed by atoms with Crippen molar-refractivity contribution in [2.24, 2.45) is 28.1 Å². The van der Waals surface area contributed by atoms with E-state index in [-0.39, 0.29) is 11.0 Å². The lowest BCUT2D eigenvalue weighted by atomic mass is 9.43. The molecular weight excluding hydrogens is 420 g/mol. The van der Waals surface area contributed by atoms with Gasteiger partial charge in [0.1, 0.15) is 0 Å². The molecule has 0 saturated carbocycles. The first-order valence-corrected chi connectivity index (χ1v) is 14.6. The number of rotatable bonds is 8. The third kappa shape index (κ3) is 3.73. The topological polar surface area (TPSA) is 54.6 Å². The molecule has 5 heterocycles. The van der Waals surface area contributed by atoms with E-state index in [9.17, 15) is 0 Å². The van der Waals surface area contributed by atoms with E-state index in [0.717, 1.165) is 24.9 Å². The Kier molecular flexibility index (Phi) is 7.15. The molecule has 5 saturated heterocycles. The number of nitrogens with zero attached hydrogens (tertiary/aromatic N) is 2. The normalized spacial score (nSPS) is 35.0. The van der Waals surface area contributed by atoms with E-state index in [1.54, 1.807) is 0 Å². The second kappa shape index (κ2) is 9.57. The Balaban J connectivity index is 1.56. The van der Waals surface area contributed by atoms with Gasteiger partial charge in [-0.05, 0) is 107 Å². The van der Waals surface area contributed by atoms with Crippen molar-refractivity contribution in [3.63, 3.8) is 0 Å². The summed E-state index contributed by atoms with van der Waals surface area (Å²) in [5, 5.41) is 14.7. The summed E-state index contributed by atoms with van der Waals surface area (Å²) in [4.78, 5) is 5.87. The molecule has 34 heavy (non-hydrogen) atoms. The zero-order chi connectivity index (χ0) is 24.0. The van der Waals surface area contributed by atoms with Gasteiger partial charge >= 0.3 is 0 Å². The molecule has 0 aliphatic carbocycles. The number of piperidine rings is 1. The van der Waals surface area contributed by atoms with E-state index in [1.165, 1.54) is 91.1 Å². The van der Waals surface area contributed by atoms with Crippen LogP contribution in [0, 0.1) is 28.1 Å². The molecule has 5 fully saturated rings. The Hall–Kier alpha value is -0.240. The molecule has 0 bridgehead atoms. The highest BCUT2D eigenvalue weighted by atomic mass is 15.3. The first-order valence-electron chi connectivity index (χ1n) is 14.6. The Morgan fingerprint density at radius 3 is 1.94 bits per heavy atom. The van der Waals surface area contributed by atoms with Gasteiger partial charge in [0.05, 0.1) is 0 Å². The summed E-state index contributed by atoms with van der Waals surface area (Å²) in [7, 11) is 0. The molecule has 1 spiro atoms. The van der Waals surface area contributed by atoms with E-state index in [0.29, 0.717) is 16.9 Å². The SMILES string of the molecule is CCC(C)(C1CCNC1)C(C)(C1CNC1)C(C)(C(C)N1CCNCC1)N1CCC2(CC1)CNC2. The zero-order valence-electron chi connectivity index (χ0n) is 22.9. The van der Waals surface area contributed by atoms with Crippen molar-refractivity contribution in [2.45, 2.75) is 71.9 Å². The molecule has 5 rings (SSSR count). The Morgan fingerprint density at radius 1 is 0.824 bits per heavy atom. The molecule has 6 nitrogen and oxygen atoms in total. The maximum atomic E-state index is 3.75. The molecule has 5 aliphatic rings. The summed E-state index contributed by atoms with van der Waals surface area (Å²) in [6.07, 6.45) is 5.36. The van der Waals surface area contributed by atoms with Gasteiger partial charge in [-0.2, -0.15) is 0 Å². The summed E-state index contributed by atoms with van der Waals surface area (Å²) in [6.45, 7) is 27.7. The maximum Gasteiger partial charge on any atom is 0.0396 e. The maximum absolute atomic E-state index is 3.75. The quantitative estimate of drug-likeness (QED) is 0.432. The van der Waals surface area contributed by atoms with Crippen LogP contribution in [0.25, 0.3) is 0 Å². The van der Waals surface area contributed by atoms with E-state index in [2.05, 4.69) is 65.7 Å². The lowest BCUT2D eigenvalue weighted by molar-refractivity contribution is -0.196. The summed E-state index contributed by atoms with van der Waals surface area (Å²) in [5.41, 5.74) is 1.29. The fraction of sp³-hybridized carbons (Fsp3) is 1.00. The Labute approximate surface area is 209 Å². The van der Waals surface area contributed by atoms with Crippen LogP contribution in [-0.2, 0) is 0 Å². The Morgan fingerprint density at radius 2 is 1.47 bits per heavy atom. The highest BCUT2D eigenvalue weighted by Crippen LogP contribution is 2.63. The average Bonchev–Trinajstić information content (AvgIpc) is 3.36. The van der Waals surface area contributed by atoms with Crippen molar-refractivity contribution in [3.05, 3.63) is 0 Å². The number of nitrogens with one attached hydrogen (secondary N) is 4. The van der Waals surface area contributed by atoms with Gasteiger partial charge in [0.25, 0.3) is 0 Å². The van der Waals surface area contributed by atoms with Crippen LogP contribution >= 0.6 is 0 Å². The minimum absolute atomic E-state index is 0.142. The van der Waals surface area contributed by atoms with E-state index in [1.807, 2.05) is 0 Å². The molecule has 5 atom stereocenters.